The minimum atomic E-state index is -2.11. The molecule has 4 rings (SSSR count). The van der Waals surface area contributed by atoms with Gasteiger partial charge >= 0.3 is 0 Å². The molecule has 4 atom stereocenters. The Bertz CT molecular complexity index is 1260. The molecule has 11 heteroatoms. The second-order valence-corrected chi connectivity index (χ2v) is 16.9. The lowest BCUT2D eigenvalue weighted by atomic mass is 9.98. The van der Waals surface area contributed by atoms with Crippen molar-refractivity contribution in [2.75, 3.05) is 12.3 Å². The van der Waals surface area contributed by atoms with Crippen LogP contribution in [0.5, 0.6) is 0 Å². The van der Waals surface area contributed by atoms with Crippen molar-refractivity contribution in [1.82, 2.24) is 14.5 Å². The van der Waals surface area contributed by atoms with Crippen molar-refractivity contribution in [2.24, 2.45) is 0 Å². The number of benzene rings is 1. The highest BCUT2D eigenvalue weighted by Crippen LogP contribution is 2.41. The molecule has 1 saturated heterocycles. The highest BCUT2D eigenvalue weighted by atomic mass is 28.4. The maximum atomic E-state index is 11.6. The van der Waals surface area contributed by atoms with E-state index in [0.717, 1.165) is 5.56 Å². The summed E-state index contributed by atoms with van der Waals surface area (Å²) in [5, 5.41) is 22.8. The molecule has 4 N–H and O–H groups in total. The number of anilines is 1. The number of aliphatic hydroxyl groups excluding tert-OH is 2. The smallest absolute Gasteiger partial charge is 0.192 e. The van der Waals surface area contributed by atoms with E-state index in [1.165, 1.54) is 6.33 Å². The van der Waals surface area contributed by atoms with Gasteiger partial charge in [0.05, 0.1) is 18.7 Å². The number of nitrogens with two attached hydrogens (primary N) is 1. The molecule has 3 unspecified atom stereocenters. The van der Waals surface area contributed by atoms with Crippen molar-refractivity contribution in [3.63, 3.8) is 0 Å². The lowest BCUT2D eigenvalue weighted by Gasteiger charge is -2.37. The zero-order valence-corrected chi connectivity index (χ0v) is 24.9. The summed E-state index contributed by atoms with van der Waals surface area (Å²) in [7, 11) is -2.11. The summed E-state index contributed by atoms with van der Waals surface area (Å²) in [4.78, 5) is 8.56. The summed E-state index contributed by atoms with van der Waals surface area (Å²) in [6.07, 6.45) is -0.784. The van der Waals surface area contributed by atoms with E-state index >= 15 is 0 Å². The third-order valence-corrected chi connectivity index (χ3v) is 12.1. The molecule has 3 aromatic rings. The summed E-state index contributed by atoms with van der Waals surface area (Å²) >= 11 is 0. The quantitative estimate of drug-likeness (QED) is 0.314. The number of aromatic nitrogens is 3. The van der Waals surface area contributed by atoms with E-state index in [4.69, 9.17) is 24.4 Å². The summed E-state index contributed by atoms with van der Waals surface area (Å²) in [5.41, 5.74) is 8.78. The molecule has 39 heavy (non-hydrogen) atoms. The van der Waals surface area contributed by atoms with Crippen LogP contribution in [0.25, 0.3) is 11.0 Å². The van der Waals surface area contributed by atoms with Crippen molar-refractivity contribution in [3.8, 4) is 0 Å². The number of hydrogen-bond acceptors (Lipinski definition) is 9. The molecular formula is C28H42N4O6Si. The van der Waals surface area contributed by atoms with Gasteiger partial charge in [0.2, 0.25) is 0 Å². The Morgan fingerprint density at radius 2 is 1.77 bits per heavy atom. The third kappa shape index (κ3) is 6.51. The Kier molecular flexibility index (Phi) is 8.53. The average molecular weight is 559 g/mol. The van der Waals surface area contributed by atoms with Crippen LogP contribution in [0.15, 0.2) is 42.9 Å². The molecule has 1 aromatic carbocycles. The van der Waals surface area contributed by atoms with Gasteiger partial charge in [-0.15, -0.1) is 0 Å². The zero-order valence-electron chi connectivity index (χ0n) is 23.9. The molecule has 1 aliphatic heterocycles. The lowest BCUT2D eigenvalue weighted by molar-refractivity contribution is -0.162. The number of hydrogen-bond donors (Lipinski definition) is 3. The van der Waals surface area contributed by atoms with E-state index in [1.54, 1.807) is 24.6 Å². The van der Waals surface area contributed by atoms with E-state index in [0.29, 0.717) is 23.2 Å². The Morgan fingerprint density at radius 1 is 1.10 bits per heavy atom. The fourth-order valence-electron chi connectivity index (χ4n) is 4.48. The highest BCUT2D eigenvalue weighted by molar-refractivity contribution is 6.74. The first-order valence-electron chi connectivity index (χ1n) is 13.3. The number of rotatable bonds is 10. The van der Waals surface area contributed by atoms with Crippen molar-refractivity contribution >= 4 is 25.2 Å². The van der Waals surface area contributed by atoms with Gasteiger partial charge in [0.1, 0.15) is 43.0 Å². The Hall–Kier alpha value is -2.38. The Balaban J connectivity index is 1.57. The second-order valence-electron chi connectivity index (χ2n) is 12.1. The average Bonchev–Trinajstić information content (AvgIpc) is 3.40. The molecule has 1 aliphatic rings. The van der Waals surface area contributed by atoms with Gasteiger partial charge in [0.25, 0.3) is 0 Å². The number of nitrogen functional groups attached to an aromatic ring is 1. The Labute approximate surface area is 231 Å². The maximum Gasteiger partial charge on any atom is 0.192 e. The molecule has 10 nitrogen and oxygen atoms in total. The van der Waals surface area contributed by atoms with Crippen LogP contribution in [0.3, 0.4) is 0 Å². The van der Waals surface area contributed by atoms with Crippen LogP contribution in [0, 0.1) is 0 Å². The number of aliphatic hydroxyl groups is 2. The van der Waals surface area contributed by atoms with Crippen LogP contribution >= 0.6 is 0 Å². The first-order chi connectivity index (χ1) is 18.2. The lowest BCUT2D eigenvalue weighted by Crippen LogP contribution is -2.47. The normalized spacial score (nSPS) is 21.4. The van der Waals surface area contributed by atoms with Crippen LogP contribution in [0.1, 0.15) is 51.8 Å². The van der Waals surface area contributed by atoms with Crippen LogP contribution in [0.4, 0.5) is 5.82 Å². The van der Waals surface area contributed by atoms with E-state index in [1.807, 2.05) is 30.3 Å². The molecule has 0 saturated carbocycles. The van der Waals surface area contributed by atoms with Gasteiger partial charge in [0.15, 0.2) is 19.9 Å². The monoisotopic (exact) mass is 558 g/mol. The number of fused-ring (bicyclic) bond motifs is 1. The van der Waals surface area contributed by atoms with Crippen LogP contribution < -0.4 is 5.73 Å². The predicted molar refractivity (Wildman–Crippen MR) is 151 cm³/mol. The molecule has 3 heterocycles. The fraction of sp³-hybridized carbons (Fsp3) is 0.571. The van der Waals surface area contributed by atoms with Crippen molar-refractivity contribution in [1.29, 1.82) is 0 Å². The van der Waals surface area contributed by atoms with Gasteiger partial charge in [0, 0.05) is 11.8 Å². The minimum absolute atomic E-state index is 0.0119. The van der Waals surface area contributed by atoms with Gasteiger partial charge in [-0.05, 0) is 37.5 Å². The standard InChI is InChI=1S/C28H42N4O6Si/c1-27(2,3)39(6,7)36-15-20(33)24-25(38-28(4,5)37-24)23(34)19-13-32(22-21(19)30-16-31-26(22)29)17-35-14-18-11-9-8-10-12-18/h8-13,16,20,23-25,33-34H,14-15,17H2,1-7H3,(H2,29,30,31)/t20-,23?,24?,25?/m1/s1. The molecule has 0 aliphatic carbocycles. The number of ether oxygens (including phenoxy) is 3. The van der Waals surface area contributed by atoms with Gasteiger partial charge in [-0.1, -0.05) is 51.1 Å². The molecule has 0 bridgehead atoms. The van der Waals surface area contributed by atoms with E-state index in [-0.39, 0.29) is 24.2 Å². The highest BCUT2D eigenvalue weighted by Gasteiger charge is 2.49. The van der Waals surface area contributed by atoms with Gasteiger partial charge in [-0.3, -0.25) is 0 Å². The summed E-state index contributed by atoms with van der Waals surface area (Å²) in [6, 6.07) is 9.84. The van der Waals surface area contributed by atoms with Gasteiger partial charge < -0.3 is 39.2 Å². The van der Waals surface area contributed by atoms with Gasteiger partial charge in [-0.2, -0.15) is 0 Å². The third-order valence-electron chi connectivity index (χ3n) is 7.64. The SMILES string of the molecule is CC1(C)OC(C(O)c2cn(COCc3ccccc3)c3c(N)ncnc23)C([C@H](O)CO[Si](C)(C)C(C)(C)C)O1. The zero-order chi connectivity index (χ0) is 28.6. The fourth-order valence-corrected chi connectivity index (χ4v) is 5.50. The summed E-state index contributed by atoms with van der Waals surface area (Å²) < 4.78 is 26.2. The summed E-state index contributed by atoms with van der Waals surface area (Å²) in [6.45, 7) is 14.9. The molecule has 0 radical (unpaired) electrons. The molecule has 214 valence electrons. The number of nitrogens with zero attached hydrogens (tertiary/aromatic N) is 3. The summed E-state index contributed by atoms with van der Waals surface area (Å²) in [5.74, 6) is -0.746. The second kappa shape index (κ2) is 11.2. The maximum absolute atomic E-state index is 11.6. The van der Waals surface area contributed by atoms with Crippen LogP contribution in [0.2, 0.25) is 18.1 Å². The topological polar surface area (TPSA) is 134 Å². The van der Waals surface area contributed by atoms with Crippen molar-refractivity contribution < 1.29 is 28.8 Å². The predicted octanol–water partition coefficient (Wildman–Crippen LogP) is 4.12. The largest absolute Gasteiger partial charge is 0.414 e. The van der Waals surface area contributed by atoms with Crippen molar-refractivity contribution in [3.05, 3.63) is 54.0 Å². The molecule has 2 aromatic heterocycles. The molecule has 0 amide bonds. The van der Waals surface area contributed by atoms with Crippen molar-refractivity contribution in [2.45, 2.75) is 96.3 Å². The van der Waals surface area contributed by atoms with E-state index in [2.05, 4.69) is 43.8 Å². The van der Waals surface area contributed by atoms with E-state index < -0.39 is 38.5 Å². The Morgan fingerprint density at radius 3 is 2.44 bits per heavy atom. The van der Waals surface area contributed by atoms with Crippen LogP contribution in [-0.4, -0.2) is 63.8 Å². The minimum Gasteiger partial charge on any atom is -0.414 e. The first-order valence-corrected chi connectivity index (χ1v) is 16.2. The molecular weight excluding hydrogens is 516 g/mol. The van der Waals surface area contributed by atoms with E-state index in [9.17, 15) is 10.2 Å². The molecule has 0 spiro atoms. The first kappa shape index (κ1) is 29.6. The molecule has 1 fully saturated rings. The van der Waals surface area contributed by atoms with Gasteiger partial charge in [-0.25, -0.2) is 9.97 Å². The van der Waals surface area contributed by atoms with Crippen LogP contribution in [-0.2, 0) is 32.0 Å².